The lowest BCUT2D eigenvalue weighted by Crippen LogP contribution is -2.15. The Labute approximate surface area is 125 Å². The fourth-order valence-corrected chi connectivity index (χ4v) is 2.73. The third-order valence-electron chi connectivity index (χ3n) is 3.00. The van der Waals surface area contributed by atoms with Gasteiger partial charge >= 0.3 is 0 Å². The lowest BCUT2D eigenvalue weighted by Gasteiger charge is -2.15. The quantitative estimate of drug-likeness (QED) is 0.852. The van der Waals surface area contributed by atoms with Gasteiger partial charge in [0.1, 0.15) is 5.82 Å². The highest BCUT2D eigenvalue weighted by Crippen LogP contribution is 2.27. The van der Waals surface area contributed by atoms with E-state index in [2.05, 4.69) is 15.9 Å². The van der Waals surface area contributed by atoms with Crippen LogP contribution in [0.5, 0.6) is 0 Å². The molecule has 0 aromatic heterocycles. The average molecular weight is 343 g/mol. The highest BCUT2D eigenvalue weighted by atomic mass is 79.9. The molecule has 2 rings (SSSR count). The molecule has 19 heavy (non-hydrogen) atoms. The number of aryl methyl sites for hydroxylation is 1. The molecule has 1 unspecified atom stereocenters. The first-order valence-corrected chi connectivity index (χ1v) is 7.10. The van der Waals surface area contributed by atoms with E-state index in [1.54, 1.807) is 6.07 Å². The molecule has 2 aromatic rings. The van der Waals surface area contributed by atoms with Crippen molar-refractivity contribution in [2.45, 2.75) is 19.4 Å². The molecule has 0 aliphatic rings. The van der Waals surface area contributed by atoms with Gasteiger partial charge in [-0.05, 0) is 48.7 Å². The van der Waals surface area contributed by atoms with Crippen LogP contribution in [-0.4, -0.2) is 0 Å². The summed E-state index contributed by atoms with van der Waals surface area (Å²) < 4.78 is 14.6. The van der Waals surface area contributed by atoms with Gasteiger partial charge in [-0.15, -0.1) is 0 Å². The first-order valence-electron chi connectivity index (χ1n) is 5.93. The second-order valence-corrected chi connectivity index (χ2v) is 5.86. The Morgan fingerprint density at radius 3 is 2.74 bits per heavy atom. The van der Waals surface area contributed by atoms with Gasteiger partial charge in [0.25, 0.3) is 0 Å². The molecule has 0 aliphatic carbocycles. The summed E-state index contributed by atoms with van der Waals surface area (Å²) in [6.45, 7) is 2.00. The molecule has 0 fully saturated rings. The SMILES string of the molecule is Cc1ccc(Br)c(C(N)Cc2cc(Cl)ccc2F)c1. The molecule has 0 heterocycles. The summed E-state index contributed by atoms with van der Waals surface area (Å²) in [7, 11) is 0. The van der Waals surface area contributed by atoms with E-state index in [1.807, 2.05) is 25.1 Å². The normalized spacial score (nSPS) is 12.5. The summed E-state index contributed by atoms with van der Waals surface area (Å²) in [5, 5.41) is 0.520. The largest absolute Gasteiger partial charge is 0.324 e. The Morgan fingerprint density at radius 1 is 1.26 bits per heavy atom. The Morgan fingerprint density at radius 2 is 2.00 bits per heavy atom. The fourth-order valence-electron chi connectivity index (χ4n) is 1.99. The lowest BCUT2D eigenvalue weighted by molar-refractivity contribution is 0.593. The Kier molecular flexibility index (Phi) is 4.61. The van der Waals surface area contributed by atoms with Gasteiger partial charge in [0.05, 0.1) is 0 Å². The predicted octanol–water partition coefficient (Wildman–Crippen LogP) is 4.79. The molecule has 0 aliphatic heterocycles. The highest BCUT2D eigenvalue weighted by Gasteiger charge is 2.13. The molecule has 0 amide bonds. The predicted molar refractivity (Wildman–Crippen MR) is 80.9 cm³/mol. The van der Waals surface area contributed by atoms with E-state index >= 15 is 0 Å². The van der Waals surface area contributed by atoms with Crippen LogP contribution in [0.25, 0.3) is 0 Å². The molecule has 1 atom stereocenters. The molecular weight excluding hydrogens is 329 g/mol. The minimum absolute atomic E-state index is 0.274. The molecular formula is C15H14BrClFN. The van der Waals surface area contributed by atoms with E-state index in [1.165, 1.54) is 12.1 Å². The summed E-state index contributed by atoms with van der Waals surface area (Å²) >= 11 is 9.36. The van der Waals surface area contributed by atoms with Crippen LogP contribution in [-0.2, 0) is 6.42 Å². The minimum atomic E-state index is -0.276. The molecule has 0 bridgehead atoms. The summed E-state index contributed by atoms with van der Waals surface area (Å²) in [5.74, 6) is -0.274. The third-order valence-corrected chi connectivity index (χ3v) is 3.96. The van der Waals surface area contributed by atoms with E-state index in [0.29, 0.717) is 17.0 Å². The van der Waals surface area contributed by atoms with E-state index in [0.717, 1.165) is 15.6 Å². The van der Waals surface area contributed by atoms with Gasteiger partial charge in [0.2, 0.25) is 0 Å². The lowest BCUT2D eigenvalue weighted by atomic mass is 9.98. The summed E-state index contributed by atoms with van der Waals surface area (Å²) in [6, 6.07) is 10.2. The van der Waals surface area contributed by atoms with Crippen LogP contribution in [0.15, 0.2) is 40.9 Å². The zero-order valence-electron chi connectivity index (χ0n) is 10.5. The van der Waals surface area contributed by atoms with E-state index in [-0.39, 0.29) is 11.9 Å². The average Bonchev–Trinajstić information content (AvgIpc) is 2.36. The van der Waals surface area contributed by atoms with Crippen molar-refractivity contribution in [3.63, 3.8) is 0 Å². The minimum Gasteiger partial charge on any atom is -0.324 e. The summed E-state index contributed by atoms with van der Waals surface area (Å²) in [6.07, 6.45) is 0.411. The van der Waals surface area contributed by atoms with Crippen molar-refractivity contribution in [2.75, 3.05) is 0 Å². The topological polar surface area (TPSA) is 26.0 Å². The van der Waals surface area contributed by atoms with E-state index in [9.17, 15) is 4.39 Å². The zero-order valence-corrected chi connectivity index (χ0v) is 12.8. The van der Waals surface area contributed by atoms with Gasteiger partial charge < -0.3 is 5.73 Å². The molecule has 0 spiro atoms. The molecule has 2 aromatic carbocycles. The Hall–Kier alpha value is -0.900. The van der Waals surface area contributed by atoms with Gasteiger partial charge in [-0.1, -0.05) is 45.2 Å². The van der Waals surface area contributed by atoms with Crippen LogP contribution in [0.4, 0.5) is 4.39 Å². The number of rotatable bonds is 3. The first-order chi connectivity index (χ1) is 8.97. The molecule has 0 saturated heterocycles. The van der Waals surface area contributed by atoms with E-state index < -0.39 is 0 Å². The van der Waals surface area contributed by atoms with Crippen LogP contribution < -0.4 is 5.73 Å². The second-order valence-electron chi connectivity index (χ2n) is 4.57. The maximum Gasteiger partial charge on any atom is 0.126 e. The van der Waals surface area contributed by atoms with Gasteiger partial charge in [-0.3, -0.25) is 0 Å². The number of benzene rings is 2. The van der Waals surface area contributed by atoms with Crippen molar-refractivity contribution in [2.24, 2.45) is 5.73 Å². The van der Waals surface area contributed by atoms with Crippen molar-refractivity contribution in [1.82, 2.24) is 0 Å². The monoisotopic (exact) mass is 341 g/mol. The van der Waals surface area contributed by atoms with Gasteiger partial charge in [0, 0.05) is 15.5 Å². The van der Waals surface area contributed by atoms with Crippen LogP contribution in [0.3, 0.4) is 0 Å². The van der Waals surface area contributed by atoms with Crippen LogP contribution in [0, 0.1) is 12.7 Å². The smallest absolute Gasteiger partial charge is 0.126 e. The Bertz CT molecular complexity index is 601. The number of hydrogen-bond donors (Lipinski definition) is 1. The highest BCUT2D eigenvalue weighted by molar-refractivity contribution is 9.10. The first kappa shape index (κ1) is 14.5. The van der Waals surface area contributed by atoms with Crippen LogP contribution in [0.2, 0.25) is 5.02 Å². The Balaban J connectivity index is 2.27. The second kappa shape index (κ2) is 6.04. The molecule has 100 valence electrons. The van der Waals surface area contributed by atoms with Crippen LogP contribution >= 0.6 is 27.5 Å². The standard InChI is InChI=1S/C15H14BrClFN/c1-9-2-4-13(16)12(6-9)15(19)8-10-7-11(17)3-5-14(10)18/h2-7,15H,8,19H2,1H3. The number of nitrogens with two attached hydrogens (primary N) is 1. The third kappa shape index (κ3) is 3.56. The van der Waals surface area contributed by atoms with Crippen molar-refractivity contribution in [1.29, 1.82) is 0 Å². The molecule has 2 N–H and O–H groups in total. The van der Waals surface area contributed by atoms with Crippen molar-refractivity contribution in [3.05, 3.63) is 68.4 Å². The fraction of sp³-hybridized carbons (Fsp3) is 0.200. The van der Waals surface area contributed by atoms with E-state index in [4.69, 9.17) is 17.3 Å². The van der Waals surface area contributed by atoms with Gasteiger partial charge in [0.15, 0.2) is 0 Å². The van der Waals surface area contributed by atoms with Crippen molar-refractivity contribution >= 4 is 27.5 Å². The van der Waals surface area contributed by atoms with Crippen molar-refractivity contribution < 1.29 is 4.39 Å². The number of halogens is 3. The van der Waals surface area contributed by atoms with Gasteiger partial charge in [-0.2, -0.15) is 0 Å². The van der Waals surface area contributed by atoms with Crippen LogP contribution in [0.1, 0.15) is 22.7 Å². The molecule has 4 heteroatoms. The molecule has 1 nitrogen and oxygen atoms in total. The maximum absolute atomic E-state index is 13.7. The maximum atomic E-state index is 13.7. The zero-order chi connectivity index (χ0) is 14.0. The molecule has 0 saturated carbocycles. The molecule has 0 radical (unpaired) electrons. The summed E-state index contributed by atoms with van der Waals surface area (Å²) in [4.78, 5) is 0. The van der Waals surface area contributed by atoms with Crippen molar-refractivity contribution in [3.8, 4) is 0 Å². The van der Waals surface area contributed by atoms with Gasteiger partial charge in [-0.25, -0.2) is 4.39 Å². The number of hydrogen-bond acceptors (Lipinski definition) is 1. The summed E-state index contributed by atoms with van der Waals surface area (Å²) in [5.41, 5.74) is 8.81.